The van der Waals surface area contributed by atoms with Gasteiger partial charge in [0.25, 0.3) is 0 Å². The van der Waals surface area contributed by atoms with Crippen LogP contribution in [0.25, 0.3) is 0 Å². The number of rotatable bonds is 5. The van der Waals surface area contributed by atoms with Gasteiger partial charge in [-0.3, -0.25) is 4.79 Å². The van der Waals surface area contributed by atoms with Gasteiger partial charge in [0, 0.05) is 6.42 Å². The highest BCUT2D eigenvalue weighted by molar-refractivity contribution is 5.88. The van der Waals surface area contributed by atoms with Gasteiger partial charge in [-0.25, -0.2) is 0 Å². The van der Waals surface area contributed by atoms with Crippen molar-refractivity contribution in [3.05, 3.63) is 12.7 Å². The number of carbonyl (C=O) groups excluding carboxylic acids is 1. The molecule has 0 spiro atoms. The molecular formula is C11H19NO. The first-order valence-electron chi connectivity index (χ1n) is 5.19. The Morgan fingerprint density at radius 3 is 2.77 bits per heavy atom. The van der Waals surface area contributed by atoms with Crippen LogP contribution in [0.15, 0.2) is 12.7 Å². The largest absolute Gasteiger partial charge is 0.317 e. The van der Waals surface area contributed by atoms with Crippen LogP contribution in [-0.4, -0.2) is 18.9 Å². The van der Waals surface area contributed by atoms with E-state index in [-0.39, 0.29) is 5.78 Å². The molecule has 1 fully saturated rings. The van der Waals surface area contributed by atoms with Gasteiger partial charge in [0.15, 0.2) is 5.78 Å². The molecule has 0 unspecified atom stereocenters. The molecule has 1 aliphatic heterocycles. The summed E-state index contributed by atoms with van der Waals surface area (Å²) in [6, 6.07) is 0. The predicted octanol–water partition coefficient (Wildman–Crippen LogP) is 1.91. The minimum Gasteiger partial charge on any atom is -0.317 e. The van der Waals surface area contributed by atoms with Crippen molar-refractivity contribution in [1.29, 1.82) is 0 Å². The van der Waals surface area contributed by atoms with Crippen molar-refractivity contribution in [2.75, 3.05) is 13.1 Å². The maximum Gasteiger partial charge on any atom is 0.155 e. The van der Waals surface area contributed by atoms with E-state index in [2.05, 4.69) is 11.9 Å². The summed E-state index contributed by atoms with van der Waals surface area (Å²) >= 11 is 0. The highest BCUT2D eigenvalue weighted by atomic mass is 16.1. The average Bonchev–Trinajstić information content (AvgIpc) is 2.19. The lowest BCUT2D eigenvalue weighted by Crippen LogP contribution is -2.27. The Morgan fingerprint density at radius 2 is 2.15 bits per heavy atom. The molecule has 0 aromatic rings. The molecule has 0 aliphatic carbocycles. The molecule has 0 bridgehead atoms. The maximum absolute atomic E-state index is 10.9. The van der Waals surface area contributed by atoms with Gasteiger partial charge < -0.3 is 5.32 Å². The molecular weight excluding hydrogens is 162 g/mol. The van der Waals surface area contributed by atoms with E-state index in [1.54, 1.807) is 0 Å². The van der Waals surface area contributed by atoms with Crippen LogP contribution in [0.1, 0.15) is 32.1 Å². The third-order valence-corrected chi connectivity index (χ3v) is 2.72. The number of piperidine rings is 1. The molecule has 2 heteroatoms. The summed E-state index contributed by atoms with van der Waals surface area (Å²) in [6.45, 7) is 5.77. The third kappa shape index (κ3) is 4.23. The van der Waals surface area contributed by atoms with Crippen molar-refractivity contribution in [1.82, 2.24) is 5.32 Å². The zero-order valence-corrected chi connectivity index (χ0v) is 8.22. The summed E-state index contributed by atoms with van der Waals surface area (Å²) in [7, 11) is 0. The second kappa shape index (κ2) is 5.92. The Labute approximate surface area is 80.4 Å². The minimum absolute atomic E-state index is 0.189. The minimum atomic E-state index is 0.189. The van der Waals surface area contributed by atoms with E-state index >= 15 is 0 Å². The van der Waals surface area contributed by atoms with Crippen LogP contribution in [0.3, 0.4) is 0 Å². The normalized spacial score (nSPS) is 18.5. The van der Waals surface area contributed by atoms with Crippen LogP contribution >= 0.6 is 0 Å². The number of nitrogens with one attached hydrogen (secondary N) is 1. The highest BCUT2D eigenvalue weighted by Gasteiger charge is 2.12. The molecule has 1 N–H and O–H groups in total. The number of allylic oxidation sites excluding steroid dienone is 1. The molecule has 0 aromatic heterocycles. The van der Waals surface area contributed by atoms with Crippen LogP contribution in [0.4, 0.5) is 0 Å². The molecule has 1 saturated heterocycles. The van der Waals surface area contributed by atoms with E-state index in [0.717, 1.165) is 25.4 Å². The number of carbonyl (C=O) groups is 1. The number of ketones is 1. The lowest BCUT2D eigenvalue weighted by atomic mass is 9.92. The summed E-state index contributed by atoms with van der Waals surface area (Å²) in [4.78, 5) is 10.9. The Hall–Kier alpha value is -0.630. The van der Waals surface area contributed by atoms with Gasteiger partial charge in [-0.2, -0.15) is 0 Å². The first-order valence-corrected chi connectivity index (χ1v) is 5.19. The van der Waals surface area contributed by atoms with Gasteiger partial charge in [0.1, 0.15) is 0 Å². The van der Waals surface area contributed by atoms with Crippen molar-refractivity contribution < 1.29 is 4.79 Å². The Kier molecular flexibility index (Phi) is 4.76. The van der Waals surface area contributed by atoms with Crippen molar-refractivity contribution in [2.24, 2.45) is 5.92 Å². The fraction of sp³-hybridized carbons (Fsp3) is 0.727. The molecule has 0 amide bonds. The Balaban J connectivity index is 2.04. The van der Waals surface area contributed by atoms with Gasteiger partial charge in [0.05, 0.1) is 0 Å². The van der Waals surface area contributed by atoms with Crippen LogP contribution < -0.4 is 5.32 Å². The summed E-state index contributed by atoms with van der Waals surface area (Å²) in [5.74, 6) is 1.03. The quantitative estimate of drug-likeness (QED) is 0.656. The average molecular weight is 181 g/mol. The van der Waals surface area contributed by atoms with E-state index in [1.807, 2.05) is 0 Å². The SMILES string of the molecule is C=CC(=O)CCCC1CCNCC1. The van der Waals surface area contributed by atoms with Gasteiger partial charge in [-0.1, -0.05) is 6.58 Å². The van der Waals surface area contributed by atoms with Gasteiger partial charge >= 0.3 is 0 Å². The maximum atomic E-state index is 10.9. The van der Waals surface area contributed by atoms with Crippen molar-refractivity contribution >= 4 is 5.78 Å². The standard InChI is InChI=1S/C11H19NO/c1-2-11(13)5-3-4-10-6-8-12-9-7-10/h2,10,12H,1,3-9H2. The van der Waals surface area contributed by atoms with E-state index in [9.17, 15) is 4.79 Å². The lowest BCUT2D eigenvalue weighted by Gasteiger charge is -2.22. The van der Waals surface area contributed by atoms with Crippen molar-refractivity contribution in [3.63, 3.8) is 0 Å². The fourth-order valence-electron chi connectivity index (χ4n) is 1.84. The molecule has 0 atom stereocenters. The first-order chi connectivity index (χ1) is 6.33. The summed E-state index contributed by atoms with van der Waals surface area (Å²) < 4.78 is 0. The van der Waals surface area contributed by atoms with Crippen LogP contribution in [0.5, 0.6) is 0 Å². The van der Waals surface area contributed by atoms with E-state index in [1.165, 1.54) is 25.3 Å². The van der Waals surface area contributed by atoms with Crippen LogP contribution in [0, 0.1) is 5.92 Å². The molecule has 2 nitrogen and oxygen atoms in total. The summed E-state index contributed by atoms with van der Waals surface area (Å²) in [5, 5.41) is 3.34. The van der Waals surface area contributed by atoms with Crippen molar-refractivity contribution in [2.45, 2.75) is 32.1 Å². The van der Waals surface area contributed by atoms with Crippen LogP contribution in [0.2, 0.25) is 0 Å². The molecule has 0 saturated carbocycles. The monoisotopic (exact) mass is 181 g/mol. The van der Waals surface area contributed by atoms with E-state index in [0.29, 0.717) is 6.42 Å². The first kappa shape index (κ1) is 10.5. The van der Waals surface area contributed by atoms with Crippen LogP contribution in [-0.2, 0) is 4.79 Å². The lowest BCUT2D eigenvalue weighted by molar-refractivity contribution is -0.114. The molecule has 1 aliphatic rings. The number of hydrogen-bond acceptors (Lipinski definition) is 2. The molecule has 1 rings (SSSR count). The second-order valence-corrected chi connectivity index (χ2v) is 3.76. The zero-order valence-electron chi connectivity index (χ0n) is 8.22. The summed E-state index contributed by atoms with van der Waals surface area (Å²) in [5.41, 5.74) is 0. The fourth-order valence-corrected chi connectivity index (χ4v) is 1.84. The molecule has 74 valence electrons. The smallest absolute Gasteiger partial charge is 0.155 e. The predicted molar refractivity (Wildman–Crippen MR) is 54.6 cm³/mol. The van der Waals surface area contributed by atoms with Gasteiger partial charge in [-0.05, 0) is 50.8 Å². The Bertz CT molecular complexity index is 171. The summed E-state index contributed by atoms with van der Waals surface area (Å²) in [6.07, 6.45) is 6.93. The molecule has 0 radical (unpaired) electrons. The topological polar surface area (TPSA) is 29.1 Å². The van der Waals surface area contributed by atoms with E-state index in [4.69, 9.17) is 0 Å². The van der Waals surface area contributed by atoms with E-state index < -0.39 is 0 Å². The zero-order chi connectivity index (χ0) is 9.52. The molecule has 0 aromatic carbocycles. The second-order valence-electron chi connectivity index (χ2n) is 3.76. The molecule has 1 heterocycles. The highest BCUT2D eigenvalue weighted by Crippen LogP contribution is 2.18. The van der Waals surface area contributed by atoms with Crippen molar-refractivity contribution in [3.8, 4) is 0 Å². The van der Waals surface area contributed by atoms with Gasteiger partial charge in [0.2, 0.25) is 0 Å². The third-order valence-electron chi connectivity index (χ3n) is 2.72. The molecule has 13 heavy (non-hydrogen) atoms. The Morgan fingerprint density at radius 1 is 1.46 bits per heavy atom. The number of hydrogen-bond donors (Lipinski definition) is 1. The van der Waals surface area contributed by atoms with Gasteiger partial charge in [-0.15, -0.1) is 0 Å².